The first-order valence-corrected chi connectivity index (χ1v) is 12.4. The van der Waals surface area contributed by atoms with Crippen LogP contribution < -0.4 is 15.1 Å². The van der Waals surface area contributed by atoms with Gasteiger partial charge in [0.1, 0.15) is 0 Å². The maximum Gasteiger partial charge on any atom is 0.261 e. The number of piperidine rings is 1. The number of fused-ring (bicyclic) bond motifs is 1. The zero-order valence-electron chi connectivity index (χ0n) is 18.1. The molecule has 1 atom stereocenters. The van der Waals surface area contributed by atoms with Gasteiger partial charge in [-0.1, -0.05) is 11.6 Å². The Bertz CT molecular complexity index is 1220. The van der Waals surface area contributed by atoms with Gasteiger partial charge in [0.05, 0.1) is 4.88 Å². The van der Waals surface area contributed by atoms with Gasteiger partial charge >= 0.3 is 0 Å². The van der Waals surface area contributed by atoms with E-state index in [9.17, 15) is 14.4 Å². The number of hydrogen-bond donors (Lipinski definition) is 1. The second-order valence-electron chi connectivity index (χ2n) is 8.60. The van der Waals surface area contributed by atoms with Crippen LogP contribution in [0.2, 0.25) is 5.02 Å². The van der Waals surface area contributed by atoms with Crippen molar-refractivity contribution in [3.8, 4) is 0 Å². The molecule has 0 saturated carbocycles. The Morgan fingerprint density at radius 2 is 1.76 bits per heavy atom. The molecule has 2 aliphatic rings. The van der Waals surface area contributed by atoms with Crippen molar-refractivity contribution in [2.45, 2.75) is 25.7 Å². The number of carbonyl (C=O) groups excluding carboxylic acids is 3. The lowest BCUT2D eigenvalue weighted by molar-refractivity contribution is -0.119. The normalized spacial score (nSPS) is 18.9. The van der Waals surface area contributed by atoms with E-state index in [0.717, 1.165) is 40.8 Å². The molecule has 2 fully saturated rings. The third-order valence-electron chi connectivity index (χ3n) is 6.26. The quantitative estimate of drug-likeness (QED) is 0.566. The number of benzene rings is 2. The molecule has 33 heavy (non-hydrogen) atoms. The molecule has 0 bridgehead atoms. The standard InChI is InChI=1S/C25H24ClN3O3S/c26-18-4-9-21-17(12-18)13-22(33-21)25(32)27-14-16-11-24(31)29(15-16)20-7-5-19(6-8-20)28-10-2-1-3-23(28)30/h4-9,12-13,16H,1-3,10-11,14-15H2,(H,27,32). The van der Waals surface area contributed by atoms with Gasteiger partial charge in [0, 0.05) is 59.5 Å². The Balaban J connectivity index is 1.19. The Morgan fingerprint density at radius 1 is 1.00 bits per heavy atom. The summed E-state index contributed by atoms with van der Waals surface area (Å²) in [6, 6.07) is 15.1. The lowest BCUT2D eigenvalue weighted by Gasteiger charge is -2.27. The third kappa shape index (κ3) is 4.61. The minimum Gasteiger partial charge on any atom is -0.351 e. The highest BCUT2D eigenvalue weighted by molar-refractivity contribution is 7.20. The van der Waals surface area contributed by atoms with Crippen molar-refractivity contribution in [1.82, 2.24) is 5.32 Å². The van der Waals surface area contributed by atoms with Crippen LogP contribution in [0.25, 0.3) is 10.1 Å². The Kier molecular flexibility index (Phi) is 6.08. The van der Waals surface area contributed by atoms with Crippen LogP contribution in [0.3, 0.4) is 0 Å². The van der Waals surface area contributed by atoms with Crippen LogP contribution in [-0.4, -0.2) is 37.4 Å². The highest BCUT2D eigenvalue weighted by atomic mass is 35.5. The van der Waals surface area contributed by atoms with Gasteiger partial charge in [0.2, 0.25) is 11.8 Å². The predicted octanol–water partition coefficient (Wildman–Crippen LogP) is 4.85. The maximum absolute atomic E-state index is 12.6. The van der Waals surface area contributed by atoms with Crippen LogP contribution in [0.5, 0.6) is 0 Å². The van der Waals surface area contributed by atoms with E-state index in [-0.39, 0.29) is 23.6 Å². The number of anilines is 2. The average molecular weight is 482 g/mol. The molecular formula is C25H24ClN3O3S. The SMILES string of the molecule is O=C(NCC1CC(=O)N(c2ccc(N3CCCCC3=O)cc2)C1)c1cc2cc(Cl)ccc2s1. The van der Waals surface area contributed by atoms with Crippen molar-refractivity contribution in [2.24, 2.45) is 5.92 Å². The van der Waals surface area contributed by atoms with Gasteiger partial charge in [-0.3, -0.25) is 14.4 Å². The lowest BCUT2D eigenvalue weighted by Crippen LogP contribution is -2.35. The summed E-state index contributed by atoms with van der Waals surface area (Å²) in [5, 5.41) is 4.58. The molecule has 170 valence electrons. The molecule has 1 aromatic heterocycles. The van der Waals surface area contributed by atoms with E-state index in [4.69, 9.17) is 11.6 Å². The first-order valence-electron chi connectivity index (χ1n) is 11.2. The summed E-state index contributed by atoms with van der Waals surface area (Å²) < 4.78 is 1.02. The highest BCUT2D eigenvalue weighted by Gasteiger charge is 2.31. The molecule has 1 N–H and O–H groups in total. The van der Waals surface area contributed by atoms with Crippen LogP contribution >= 0.6 is 22.9 Å². The number of thiophene rings is 1. The summed E-state index contributed by atoms with van der Waals surface area (Å²) in [6.07, 6.45) is 2.95. The molecule has 0 radical (unpaired) electrons. The monoisotopic (exact) mass is 481 g/mol. The van der Waals surface area contributed by atoms with Gasteiger partial charge in [-0.2, -0.15) is 0 Å². The van der Waals surface area contributed by atoms with Gasteiger partial charge in [-0.15, -0.1) is 11.3 Å². The van der Waals surface area contributed by atoms with Gasteiger partial charge in [-0.05, 0) is 66.8 Å². The van der Waals surface area contributed by atoms with Crippen molar-refractivity contribution in [2.75, 3.05) is 29.4 Å². The summed E-state index contributed by atoms with van der Waals surface area (Å²) in [4.78, 5) is 41.6. The van der Waals surface area contributed by atoms with Gasteiger partial charge < -0.3 is 15.1 Å². The van der Waals surface area contributed by atoms with Crippen molar-refractivity contribution in [1.29, 1.82) is 0 Å². The van der Waals surface area contributed by atoms with E-state index in [1.807, 2.05) is 53.4 Å². The minimum absolute atomic E-state index is 0.0487. The largest absolute Gasteiger partial charge is 0.351 e. The molecule has 3 heterocycles. The van der Waals surface area contributed by atoms with Crippen molar-refractivity contribution in [3.05, 3.63) is 58.4 Å². The molecule has 5 rings (SSSR count). The Hall–Kier alpha value is -2.90. The topological polar surface area (TPSA) is 69.7 Å². The van der Waals surface area contributed by atoms with E-state index in [2.05, 4.69) is 5.32 Å². The second kappa shape index (κ2) is 9.15. The summed E-state index contributed by atoms with van der Waals surface area (Å²) >= 11 is 7.47. The molecule has 2 aromatic carbocycles. The Labute approximate surface area is 201 Å². The predicted molar refractivity (Wildman–Crippen MR) is 132 cm³/mol. The molecule has 6 nitrogen and oxygen atoms in total. The van der Waals surface area contributed by atoms with Gasteiger partial charge in [0.25, 0.3) is 5.91 Å². The van der Waals surface area contributed by atoms with Gasteiger partial charge in [-0.25, -0.2) is 0 Å². The highest BCUT2D eigenvalue weighted by Crippen LogP contribution is 2.30. The molecule has 1 unspecified atom stereocenters. The zero-order chi connectivity index (χ0) is 22.9. The number of hydrogen-bond acceptors (Lipinski definition) is 4. The molecule has 3 aromatic rings. The maximum atomic E-state index is 12.6. The van der Waals surface area contributed by atoms with Crippen molar-refractivity contribution < 1.29 is 14.4 Å². The fraction of sp³-hybridized carbons (Fsp3) is 0.320. The number of nitrogens with one attached hydrogen (secondary N) is 1. The van der Waals surface area contributed by atoms with E-state index in [1.165, 1.54) is 11.3 Å². The minimum atomic E-state index is -0.131. The number of carbonyl (C=O) groups is 3. The van der Waals surface area contributed by atoms with E-state index in [0.29, 0.717) is 35.8 Å². The number of nitrogens with zero attached hydrogens (tertiary/aromatic N) is 2. The van der Waals surface area contributed by atoms with E-state index >= 15 is 0 Å². The molecule has 0 aliphatic carbocycles. The van der Waals surface area contributed by atoms with Crippen LogP contribution in [0, 0.1) is 5.92 Å². The van der Waals surface area contributed by atoms with E-state index < -0.39 is 0 Å². The summed E-state index contributed by atoms with van der Waals surface area (Å²) in [7, 11) is 0. The average Bonchev–Trinajstić information content (AvgIpc) is 3.41. The van der Waals surface area contributed by atoms with Gasteiger partial charge in [0.15, 0.2) is 0 Å². The first-order chi connectivity index (χ1) is 16.0. The smallest absolute Gasteiger partial charge is 0.261 e. The van der Waals surface area contributed by atoms with E-state index in [1.54, 1.807) is 4.90 Å². The number of halogens is 1. The summed E-state index contributed by atoms with van der Waals surface area (Å²) in [5.41, 5.74) is 1.70. The zero-order valence-corrected chi connectivity index (χ0v) is 19.6. The number of amides is 3. The Morgan fingerprint density at radius 3 is 2.52 bits per heavy atom. The van der Waals surface area contributed by atoms with Crippen LogP contribution in [-0.2, 0) is 9.59 Å². The fourth-order valence-electron chi connectivity index (χ4n) is 4.51. The molecule has 2 aliphatic heterocycles. The van der Waals surface area contributed by atoms with Crippen LogP contribution in [0.1, 0.15) is 35.4 Å². The molecular weight excluding hydrogens is 458 g/mol. The molecule has 0 spiro atoms. The lowest BCUT2D eigenvalue weighted by atomic mass is 10.1. The van der Waals surface area contributed by atoms with Crippen molar-refractivity contribution >= 4 is 62.1 Å². The fourth-order valence-corrected chi connectivity index (χ4v) is 5.65. The molecule has 2 saturated heterocycles. The summed E-state index contributed by atoms with van der Waals surface area (Å²) in [5.74, 6) is 0.124. The van der Waals surface area contributed by atoms with Crippen LogP contribution in [0.15, 0.2) is 48.5 Å². The van der Waals surface area contributed by atoms with Crippen LogP contribution in [0.4, 0.5) is 11.4 Å². The third-order valence-corrected chi connectivity index (χ3v) is 7.60. The second-order valence-corrected chi connectivity index (χ2v) is 10.1. The summed E-state index contributed by atoms with van der Waals surface area (Å²) in [6.45, 7) is 1.75. The van der Waals surface area contributed by atoms with Crippen molar-refractivity contribution in [3.63, 3.8) is 0 Å². The molecule has 8 heteroatoms. The first kappa shape index (κ1) is 21.9. The number of rotatable bonds is 5. The molecule has 3 amide bonds.